The van der Waals surface area contributed by atoms with Crippen molar-refractivity contribution in [2.24, 2.45) is 0 Å². The summed E-state index contributed by atoms with van der Waals surface area (Å²) in [5.74, 6) is -2.54. The van der Waals surface area contributed by atoms with Crippen LogP contribution in [0.4, 0.5) is 13.2 Å². The van der Waals surface area contributed by atoms with Gasteiger partial charge in [0.1, 0.15) is 0 Å². The maximum absolute atomic E-state index is 12.1. The van der Waals surface area contributed by atoms with Gasteiger partial charge in [0, 0.05) is 5.57 Å². The lowest BCUT2D eigenvalue weighted by Crippen LogP contribution is -2.37. The first kappa shape index (κ1) is 22.4. The van der Waals surface area contributed by atoms with Gasteiger partial charge in [-0.1, -0.05) is 48.6 Å². The number of nitrogens with zero attached hydrogens (tertiary/aromatic N) is 1. The number of halogens is 3. The minimum atomic E-state index is -6.08. The summed E-state index contributed by atoms with van der Waals surface area (Å²) < 4.78 is 61.4. The van der Waals surface area contributed by atoms with E-state index in [1.807, 2.05) is 24.3 Å². The molecule has 11 heteroatoms. The zero-order valence-corrected chi connectivity index (χ0v) is 17.3. The molecule has 0 saturated carbocycles. The molecule has 2 aromatic carbocycles. The van der Waals surface area contributed by atoms with Gasteiger partial charge in [-0.2, -0.15) is 21.6 Å². The van der Waals surface area contributed by atoms with Gasteiger partial charge in [0.05, 0.1) is 16.8 Å². The summed E-state index contributed by atoms with van der Waals surface area (Å²) in [5.41, 5.74) is -0.878. The number of carbonyl (C=O) groups excluding carboxylic acids is 2. The Kier molecular flexibility index (Phi) is 5.38. The van der Waals surface area contributed by atoms with Crippen LogP contribution in [0.2, 0.25) is 0 Å². The molecule has 5 rings (SSSR count). The van der Waals surface area contributed by atoms with Gasteiger partial charge in [-0.3, -0.25) is 9.59 Å². The van der Waals surface area contributed by atoms with Crippen LogP contribution in [0.3, 0.4) is 0 Å². The van der Waals surface area contributed by atoms with Crippen molar-refractivity contribution in [1.29, 1.82) is 5.41 Å². The Morgan fingerprint density at radius 2 is 1.39 bits per heavy atom. The Morgan fingerprint density at radius 3 is 1.97 bits per heavy atom. The van der Waals surface area contributed by atoms with Crippen LogP contribution in [0, 0.1) is 5.41 Å². The summed E-state index contributed by atoms with van der Waals surface area (Å²) in [5, 5.41) is 7.37. The highest BCUT2D eigenvalue weighted by Crippen LogP contribution is 2.37. The quantitative estimate of drug-likeness (QED) is 0.521. The molecule has 168 valence electrons. The Labute approximate surface area is 185 Å². The van der Waals surface area contributed by atoms with E-state index in [0.29, 0.717) is 5.71 Å². The van der Waals surface area contributed by atoms with Crippen molar-refractivity contribution in [3.63, 3.8) is 0 Å². The number of hydrogen-bond acceptors (Lipinski definition) is 6. The topological polar surface area (TPSA) is 105 Å². The highest BCUT2D eigenvalue weighted by molar-refractivity contribution is 7.87. The van der Waals surface area contributed by atoms with Crippen LogP contribution in [0.25, 0.3) is 11.6 Å². The zero-order valence-electron chi connectivity index (χ0n) is 16.5. The SMILES string of the molecule is N=C1C=CC=C2C1=Cc1ccccc12.O=C1c2ccccc2C(=O)N1OS(=O)(=O)C(F)(F)F. The molecular weight excluding hydrogens is 461 g/mol. The van der Waals surface area contributed by atoms with Crippen LogP contribution in [0.5, 0.6) is 0 Å². The highest BCUT2D eigenvalue weighted by Gasteiger charge is 2.52. The fourth-order valence-corrected chi connectivity index (χ4v) is 3.77. The number of alkyl halides is 3. The summed E-state index contributed by atoms with van der Waals surface area (Å²) in [7, 11) is -6.08. The fraction of sp³-hybridized carbons (Fsp3) is 0.0455. The lowest BCUT2D eigenvalue weighted by atomic mass is 9.96. The third-order valence-corrected chi connectivity index (χ3v) is 5.78. The van der Waals surface area contributed by atoms with E-state index in [2.05, 4.69) is 28.6 Å². The van der Waals surface area contributed by atoms with Gasteiger partial charge in [0.15, 0.2) is 0 Å². The molecule has 2 amide bonds. The van der Waals surface area contributed by atoms with Gasteiger partial charge in [0.25, 0.3) is 11.8 Å². The molecular formula is C22H13F3N2O5S. The van der Waals surface area contributed by atoms with Crippen molar-refractivity contribution in [3.05, 3.63) is 94.6 Å². The molecule has 33 heavy (non-hydrogen) atoms. The Balaban J connectivity index is 0.000000163. The van der Waals surface area contributed by atoms with E-state index in [1.54, 1.807) is 0 Å². The minimum Gasteiger partial charge on any atom is -0.300 e. The van der Waals surface area contributed by atoms with Crippen molar-refractivity contribution < 1.29 is 35.5 Å². The maximum atomic E-state index is 12.1. The van der Waals surface area contributed by atoms with E-state index in [0.717, 1.165) is 5.57 Å². The summed E-state index contributed by atoms with van der Waals surface area (Å²) in [6.07, 6.45) is 7.95. The number of amides is 2. The fourth-order valence-electron chi connectivity index (χ4n) is 3.35. The average molecular weight is 474 g/mol. The predicted molar refractivity (Wildman–Crippen MR) is 112 cm³/mol. The number of hydroxylamine groups is 2. The van der Waals surface area contributed by atoms with Gasteiger partial charge in [-0.05, 0) is 41.0 Å². The van der Waals surface area contributed by atoms with E-state index in [-0.39, 0.29) is 11.1 Å². The van der Waals surface area contributed by atoms with Crippen LogP contribution in [-0.2, 0) is 14.4 Å². The average Bonchev–Trinajstić information content (AvgIpc) is 3.26. The second kappa shape index (κ2) is 7.94. The lowest BCUT2D eigenvalue weighted by Gasteiger charge is -2.14. The van der Waals surface area contributed by atoms with Gasteiger partial charge >= 0.3 is 15.6 Å². The smallest absolute Gasteiger partial charge is 0.300 e. The molecule has 0 atom stereocenters. The lowest BCUT2D eigenvalue weighted by molar-refractivity contribution is -0.0748. The molecule has 0 aromatic heterocycles. The molecule has 3 aliphatic rings. The third kappa shape index (κ3) is 3.92. The Hall–Kier alpha value is -3.83. The van der Waals surface area contributed by atoms with E-state index in [1.165, 1.54) is 41.0 Å². The zero-order chi connectivity index (χ0) is 24.0. The first-order valence-corrected chi connectivity index (χ1v) is 10.7. The summed E-state index contributed by atoms with van der Waals surface area (Å²) in [6, 6.07) is 13.3. The van der Waals surface area contributed by atoms with Crippen molar-refractivity contribution >= 4 is 39.3 Å². The molecule has 0 radical (unpaired) electrons. The first-order chi connectivity index (χ1) is 15.5. The van der Waals surface area contributed by atoms with Crippen LogP contribution in [-0.4, -0.2) is 36.5 Å². The molecule has 2 aromatic rings. The predicted octanol–water partition coefficient (Wildman–Crippen LogP) is 4.12. The van der Waals surface area contributed by atoms with E-state index < -0.39 is 32.5 Å². The largest absolute Gasteiger partial charge is 0.525 e. The molecule has 7 nitrogen and oxygen atoms in total. The molecule has 1 aliphatic heterocycles. The van der Waals surface area contributed by atoms with Crippen LogP contribution in [0.1, 0.15) is 31.8 Å². The molecule has 0 bridgehead atoms. The second-order valence-electron chi connectivity index (χ2n) is 6.92. The van der Waals surface area contributed by atoms with Crippen molar-refractivity contribution in [2.45, 2.75) is 5.51 Å². The van der Waals surface area contributed by atoms with Crippen molar-refractivity contribution in [1.82, 2.24) is 5.06 Å². The highest BCUT2D eigenvalue weighted by atomic mass is 32.2. The molecule has 0 unspecified atom stereocenters. The van der Waals surface area contributed by atoms with Crippen LogP contribution >= 0.6 is 0 Å². The maximum Gasteiger partial charge on any atom is 0.525 e. The summed E-state index contributed by atoms with van der Waals surface area (Å²) in [4.78, 5) is 23.1. The molecule has 0 saturated heterocycles. The minimum absolute atomic E-state index is 0.232. The number of rotatable bonds is 2. The number of allylic oxidation sites excluding steroid dienone is 5. The van der Waals surface area contributed by atoms with E-state index >= 15 is 0 Å². The summed E-state index contributed by atoms with van der Waals surface area (Å²) in [6.45, 7) is 0. The number of nitrogens with one attached hydrogen (secondary N) is 1. The normalized spacial score (nSPS) is 16.5. The molecule has 0 spiro atoms. The molecule has 0 fully saturated rings. The Bertz CT molecular complexity index is 1370. The number of imide groups is 1. The van der Waals surface area contributed by atoms with Gasteiger partial charge < -0.3 is 5.41 Å². The van der Waals surface area contributed by atoms with E-state index in [4.69, 9.17) is 5.41 Å². The van der Waals surface area contributed by atoms with Crippen LogP contribution < -0.4 is 0 Å². The first-order valence-electron chi connectivity index (χ1n) is 9.29. The second-order valence-corrected chi connectivity index (χ2v) is 8.44. The number of hydrogen-bond donors (Lipinski definition) is 1. The van der Waals surface area contributed by atoms with Gasteiger partial charge in [0.2, 0.25) is 0 Å². The van der Waals surface area contributed by atoms with Crippen molar-refractivity contribution in [2.75, 3.05) is 0 Å². The molecule has 1 heterocycles. The number of fused-ring (bicyclic) bond motifs is 4. The van der Waals surface area contributed by atoms with Crippen molar-refractivity contribution in [3.8, 4) is 0 Å². The number of carbonyl (C=O) groups is 2. The number of benzene rings is 2. The summed E-state index contributed by atoms with van der Waals surface area (Å²) >= 11 is 0. The van der Waals surface area contributed by atoms with Gasteiger partial charge in [-0.15, -0.1) is 9.35 Å². The third-order valence-electron chi connectivity index (χ3n) is 4.87. The monoisotopic (exact) mass is 474 g/mol. The van der Waals surface area contributed by atoms with Gasteiger partial charge in [-0.25, -0.2) is 0 Å². The van der Waals surface area contributed by atoms with E-state index in [9.17, 15) is 31.2 Å². The molecule has 2 aliphatic carbocycles. The standard InChI is InChI=1S/C13H9N.C9H4F3NO5S/c14-13-7-3-6-11-10-5-2-1-4-9(10)8-12(11)13;10-9(11,12)19(16,17)18-13-7(14)5-3-1-2-4-6(5)8(13)15/h1-8,14H;1-4H. The Morgan fingerprint density at radius 1 is 0.848 bits per heavy atom. The molecule has 1 N–H and O–H groups in total. The van der Waals surface area contributed by atoms with Crippen LogP contribution in [0.15, 0.2) is 72.3 Å².